The summed E-state index contributed by atoms with van der Waals surface area (Å²) in [6.07, 6.45) is -15.9. The van der Waals surface area contributed by atoms with Gasteiger partial charge in [0.15, 0.2) is 12.3 Å². The molecule has 0 aliphatic rings. The molecular weight excluding hydrogens is 634 g/mol. The topological polar surface area (TPSA) is 121 Å². The molecule has 2 amide bonds. The molecule has 0 spiro atoms. The molecule has 0 fully saturated rings. The van der Waals surface area contributed by atoms with Gasteiger partial charge < -0.3 is 25.7 Å². The summed E-state index contributed by atoms with van der Waals surface area (Å²) in [5, 5.41) is 6.47. The lowest BCUT2D eigenvalue weighted by molar-refractivity contribution is -0.138. The number of nitrogens with one attached hydrogen (secondary N) is 4. The van der Waals surface area contributed by atoms with Gasteiger partial charge in [-0.2, -0.15) is 45.1 Å². The predicted octanol–water partition coefficient (Wildman–Crippen LogP) is 6.52. The van der Waals surface area contributed by atoms with Gasteiger partial charge in [-0.25, -0.2) is 8.78 Å². The second-order valence-corrected chi connectivity index (χ2v) is 9.05. The zero-order valence-electron chi connectivity index (χ0n) is 22.1. The van der Waals surface area contributed by atoms with E-state index in [9.17, 15) is 53.5 Å². The molecule has 0 unspecified atom stereocenters. The highest BCUT2D eigenvalue weighted by Gasteiger charge is 2.34. The Morgan fingerprint density at radius 1 is 0.889 bits per heavy atom. The van der Waals surface area contributed by atoms with Crippen LogP contribution in [0.5, 0.6) is 5.88 Å². The Bertz CT molecular complexity index is 1690. The maximum Gasteiger partial charge on any atom is 0.418 e. The minimum atomic E-state index is -4.91. The number of aromatic amines is 1. The van der Waals surface area contributed by atoms with Crippen LogP contribution in [0.4, 0.5) is 61.2 Å². The van der Waals surface area contributed by atoms with E-state index in [0.717, 1.165) is 30.3 Å². The number of alkyl halides is 10. The summed E-state index contributed by atoms with van der Waals surface area (Å²) in [4.78, 5) is 34.5. The fourth-order valence-corrected chi connectivity index (χ4v) is 3.79. The third-order valence-corrected chi connectivity index (χ3v) is 5.81. The van der Waals surface area contributed by atoms with Crippen LogP contribution in [0.3, 0.4) is 0 Å². The maximum absolute atomic E-state index is 13.7. The van der Waals surface area contributed by atoms with Gasteiger partial charge in [0, 0.05) is 12.2 Å². The Morgan fingerprint density at radius 2 is 1.58 bits per heavy atom. The summed E-state index contributed by atoms with van der Waals surface area (Å²) >= 11 is 0. The van der Waals surface area contributed by atoms with Gasteiger partial charge in [0.25, 0.3) is 18.2 Å². The number of hydrogen-bond acceptors (Lipinski definition) is 6. The second-order valence-electron chi connectivity index (χ2n) is 9.05. The van der Waals surface area contributed by atoms with Crippen LogP contribution in [0, 0.1) is 0 Å². The predicted molar refractivity (Wildman–Crippen MR) is 137 cm³/mol. The molecule has 0 bridgehead atoms. The Hall–Kier alpha value is -5.10. The van der Waals surface area contributed by atoms with Crippen molar-refractivity contribution in [3.63, 3.8) is 0 Å². The van der Waals surface area contributed by atoms with Crippen molar-refractivity contribution in [2.75, 3.05) is 17.2 Å². The third-order valence-electron chi connectivity index (χ3n) is 5.81. The summed E-state index contributed by atoms with van der Waals surface area (Å²) in [5.41, 5.74) is -3.83. The highest BCUT2D eigenvalue weighted by molar-refractivity contribution is 6.07. The number of imidazole rings is 1. The first-order valence-corrected chi connectivity index (χ1v) is 12.3. The van der Waals surface area contributed by atoms with Crippen LogP contribution in [-0.4, -0.2) is 46.2 Å². The van der Waals surface area contributed by atoms with Crippen molar-refractivity contribution in [1.29, 1.82) is 0 Å². The quantitative estimate of drug-likeness (QED) is 0.145. The molecule has 19 heteroatoms. The van der Waals surface area contributed by atoms with Crippen LogP contribution < -0.4 is 20.7 Å². The number of nitrogens with zero attached hydrogens (tertiary/aromatic N) is 2. The molecule has 0 atom stereocenters. The number of anilines is 3. The van der Waals surface area contributed by atoms with Crippen molar-refractivity contribution in [3.8, 4) is 5.88 Å². The lowest BCUT2D eigenvalue weighted by Gasteiger charge is -2.15. The largest absolute Gasteiger partial charge is 0.471 e. The number of H-pyrrole nitrogens is 1. The summed E-state index contributed by atoms with van der Waals surface area (Å²) in [5.74, 6) is -3.75. The van der Waals surface area contributed by atoms with E-state index >= 15 is 0 Å². The van der Waals surface area contributed by atoms with Crippen LogP contribution >= 0.6 is 0 Å². The maximum atomic E-state index is 13.7. The molecule has 4 aromatic rings. The van der Waals surface area contributed by atoms with Gasteiger partial charge in [-0.1, -0.05) is 6.07 Å². The normalized spacial score (nSPS) is 12.1. The Labute approximate surface area is 245 Å². The third kappa shape index (κ3) is 8.30. The first kappa shape index (κ1) is 32.8. The van der Waals surface area contributed by atoms with Crippen molar-refractivity contribution < 1.29 is 58.2 Å². The summed E-state index contributed by atoms with van der Waals surface area (Å²) < 4.78 is 135. The fraction of sp³-hybridized carbons (Fsp3) is 0.231. The monoisotopic (exact) mass is 652 g/mol. The van der Waals surface area contributed by atoms with E-state index in [-0.39, 0.29) is 22.4 Å². The van der Waals surface area contributed by atoms with Gasteiger partial charge in [0.1, 0.15) is 5.56 Å². The number of rotatable bonds is 10. The average molecular weight is 652 g/mol. The number of ether oxygens (including phenoxy) is 1. The van der Waals surface area contributed by atoms with Gasteiger partial charge in [-0.05, 0) is 48.0 Å². The van der Waals surface area contributed by atoms with Crippen LogP contribution in [0.2, 0.25) is 0 Å². The SMILES string of the molecule is O=C(Nc1ccc(C(F)(F)F)cc1)c1cc2[nH]c(Nc3cc(CNC(=O)C(F)F)ccc3C(F)(F)F)nc2nc1OCC(F)F. The van der Waals surface area contributed by atoms with Crippen molar-refractivity contribution in [3.05, 3.63) is 70.8 Å². The van der Waals surface area contributed by atoms with Crippen LogP contribution in [0.25, 0.3) is 11.2 Å². The van der Waals surface area contributed by atoms with Crippen molar-refractivity contribution in [2.24, 2.45) is 0 Å². The Balaban J connectivity index is 1.66. The first-order chi connectivity index (χ1) is 21.0. The van der Waals surface area contributed by atoms with Gasteiger partial charge in [-0.15, -0.1) is 0 Å². The van der Waals surface area contributed by atoms with E-state index in [2.05, 4.69) is 25.6 Å². The van der Waals surface area contributed by atoms with Gasteiger partial charge >= 0.3 is 18.8 Å². The molecule has 0 saturated heterocycles. The minimum Gasteiger partial charge on any atom is -0.471 e. The van der Waals surface area contributed by atoms with E-state index in [1.54, 1.807) is 0 Å². The molecule has 240 valence electrons. The second kappa shape index (κ2) is 12.9. The smallest absolute Gasteiger partial charge is 0.418 e. The molecule has 2 heterocycles. The fourth-order valence-electron chi connectivity index (χ4n) is 3.79. The number of benzene rings is 2. The molecule has 0 aliphatic heterocycles. The molecule has 0 aliphatic carbocycles. The standard InChI is InChI=1S/C26H18F10N6O3/c27-18(28)10-45-23-14(21(43)38-13-4-2-12(3-5-13)25(31,32)33)8-17-20(41-23)42-24(40-17)39-16-7-11(9-37-22(44)19(29)30)1-6-15(16)26(34,35)36/h1-8,18-19H,9-10H2,(H,37,44)(H,38,43)(H2,39,40,41,42). The van der Waals surface area contributed by atoms with Gasteiger partial charge in [0.05, 0.1) is 22.3 Å². The molecular formula is C26H18F10N6O3. The number of carbonyl (C=O) groups excluding carboxylic acids is 2. The van der Waals surface area contributed by atoms with E-state index in [4.69, 9.17) is 4.74 Å². The highest BCUT2D eigenvalue weighted by Crippen LogP contribution is 2.37. The van der Waals surface area contributed by atoms with E-state index < -0.39 is 84.4 Å². The number of halogens is 10. The summed E-state index contributed by atoms with van der Waals surface area (Å²) in [6.45, 7) is -1.77. The lowest BCUT2D eigenvalue weighted by Crippen LogP contribution is -2.29. The van der Waals surface area contributed by atoms with E-state index in [1.807, 2.05) is 5.32 Å². The Morgan fingerprint density at radius 3 is 2.18 bits per heavy atom. The molecule has 2 aromatic heterocycles. The van der Waals surface area contributed by atoms with Crippen molar-refractivity contribution in [2.45, 2.75) is 31.7 Å². The highest BCUT2D eigenvalue weighted by atomic mass is 19.4. The summed E-state index contributed by atoms with van der Waals surface area (Å²) in [6, 6.07) is 6.77. The van der Waals surface area contributed by atoms with Crippen molar-refractivity contribution >= 4 is 40.3 Å². The van der Waals surface area contributed by atoms with Crippen molar-refractivity contribution in [1.82, 2.24) is 20.3 Å². The number of hydrogen-bond donors (Lipinski definition) is 4. The number of aromatic nitrogens is 3. The lowest BCUT2D eigenvalue weighted by atomic mass is 10.1. The molecule has 2 aromatic carbocycles. The molecule has 9 nitrogen and oxygen atoms in total. The number of fused-ring (bicyclic) bond motifs is 1. The number of amides is 2. The zero-order chi connectivity index (χ0) is 33.1. The zero-order valence-corrected chi connectivity index (χ0v) is 22.1. The Kier molecular flexibility index (Phi) is 9.38. The van der Waals surface area contributed by atoms with E-state index in [1.165, 1.54) is 0 Å². The van der Waals surface area contributed by atoms with Crippen LogP contribution in [-0.2, 0) is 23.7 Å². The average Bonchev–Trinajstić information content (AvgIpc) is 3.34. The molecule has 0 radical (unpaired) electrons. The molecule has 4 N–H and O–H groups in total. The van der Waals surface area contributed by atoms with E-state index in [0.29, 0.717) is 18.2 Å². The molecule has 45 heavy (non-hydrogen) atoms. The molecule has 0 saturated carbocycles. The number of carbonyl (C=O) groups is 2. The van der Waals surface area contributed by atoms with Crippen LogP contribution in [0.15, 0.2) is 48.5 Å². The molecule has 4 rings (SSSR count). The summed E-state index contributed by atoms with van der Waals surface area (Å²) in [7, 11) is 0. The van der Waals surface area contributed by atoms with Crippen LogP contribution in [0.1, 0.15) is 27.0 Å². The van der Waals surface area contributed by atoms with Gasteiger partial charge in [0.2, 0.25) is 11.8 Å². The first-order valence-electron chi connectivity index (χ1n) is 12.3. The number of pyridine rings is 1. The van der Waals surface area contributed by atoms with Gasteiger partial charge in [-0.3, -0.25) is 9.59 Å². The minimum absolute atomic E-state index is 0.00125.